The summed E-state index contributed by atoms with van der Waals surface area (Å²) in [7, 11) is -1.44. The Morgan fingerprint density at radius 2 is 2.10 bits per heavy atom. The molecule has 6 heteroatoms. The molecule has 0 atom stereocenters. The molecule has 118 valence electrons. The smallest absolute Gasteiger partial charge is 0.212 e. The van der Waals surface area contributed by atoms with Crippen molar-refractivity contribution in [2.75, 3.05) is 26.0 Å². The predicted octanol–water partition coefficient (Wildman–Crippen LogP) is 1.47. The normalized spacial score (nSPS) is 21.8. The minimum absolute atomic E-state index is 0.140. The Hall–Kier alpha value is -1.11. The van der Waals surface area contributed by atoms with Crippen molar-refractivity contribution in [1.29, 1.82) is 0 Å². The molecule has 2 N–H and O–H groups in total. The molecular formula is C15H24N2O3S. The van der Waals surface area contributed by atoms with Gasteiger partial charge in [-0.1, -0.05) is 19.1 Å². The Labute approximate surface area is 127 Å². The van der Waals surface area contributed by atoms with E-state index in [9.17, 15) is 8.42 Å². The number of sulfonamides is 1. The van der Waals surface area contributed by atoms with Crippen LogP contribution in [-0.4, -0.2) is 40.4 Å². The number of benzene rings is 1. The topological polar surface area (TPSA) is 67.4 Å². The van der Waals surface area contributed by atoms with E-state index in [-0.39, 0.29) is 5.75 Å². The lowest BCUT2D eigenvalue weighted by Crippen LogP contribution is -2.43. The minimum atomic E-state index is -3.12. The maximum Gasteiger partial charge on any atom is 0.212 e. The molecule has 1 aromatic rings. The highest BCUT2D eigenvalue weighted by Gasteiger charge is 2.30. The van der Waals surface area contributed by atoms with Gasteiger partial charge in [0.1, 0.15) is 5.75 Å². The van der Waals surface area contributed by atoms with Crippen LogP contribution >= 0.6 is 0 Å². The van der Waals surface area contributed by atoms with Gasteiger partial charge in [-0.15, -0.1) is 0 Å². The highest BCUT2D eigenvalue weighted by molar-refractivity contribution is 7.89. The summed E-state index contributed by atoms with van der Waals surface area (Å²) < 4.78 is 30.8. The van der Waals surface area contributed by atoms with Gasteiger partial charge in [-0.05, 0) is 36.5 Å². The van der Waals surface area contributed by atoms with Gasteiger partial charge in [0.2, 0.25) is 10.0 Å². The number of rotatable bonds is 8. The zero-order valence-electron chi connectivity index (χ0n) is 12.6. The van der Waals surface area contributed by atoms with Gasteiger partial charge >= 0.3 is 0 Å². The lowest BCUT2D eigenvalue weighted by Gasteiger charge is -2.36. The number of methoxy groups -OCH3 is 1. The largest absolute Gasteiger partial charge is 0.497 e. The molecule has 5 nitrogen and oxygen atoms in total. The van der Waals surface area contributed by atoms with E-state index in [1.54, 1.807) is 14.0 Å². The summed E-state index contributed by atoms with van der Waals surface area (Å²) >= 11 is 0. The highest BCUT2D eigenvalue weighted by atomic mass is 32.2. The fraction of sp³-hybridized carbons (Fsp3) is 0.600. The van der Waals surface area contributed by atoms with Crippen LogP contribution in [0.15, 0.2) is 24.3 Å². The predicted molar refractivity (Wildman–Crippen MR) is 84.2 cm³/mol. The lowest BCUT2D eigenvalue weighted by atomic mass is 9.76. The molecule has 1 saturated carbocycles. The minimum Gasteiger partial charge on any atom is -0.497 e. The molecule has 2 rings (SSSR count). The first kappa shape index (κ1) is 16.3. The third-order valence-electron chi connectivity index (χ3n) is 3.87. The molecule has 1 aliphatic rings. The lowest BCUT2D eigenvalue weighted by molar-refractivity contribution is 0.295. The Kier molecular flexibility index (Phi) is 5.61. The van der Waals surface area contributed by atoms with Crippen molar-refractivity contribution in [2.45, 2.75) is 31.7 Å². The molecule has 21 heavy (non-hydrogen) atoms. The van der Waals surface area contributed by atoms with Crippen LogP contribution < -0.4 is 14.8 Å². The first-order valence-corrected chi connectivity index (χ1v) is 9.04. The van der Waals surface area contributed by atoms with Gasteiger partial charge < -0.3 is 10.1 Å². The molecule has 0 heterocycles. The molecule has 0 unspecified atom stereocenters. The summed E-state index contributed by atoms with van der Waals surface area (Å²) in [5.74, 6) is 1.57. The summed E-state index contributed by atoms with van der Waals surface area (Å²) in [6, 6.07) is 8.58. The van der Waals surface area contributed by atoms with Crippen molar-refractivity contribution in [3.63, 3.8) is 0 Å². The van der Waals surface area contributed by atoms with Crippen molar-refractivity contribution < 1.29 is 13.2 Å². The van der Waals surface area contributed by atoms with Crippen LogP contribution in [-0.2, 0) is 10.0 Å². The van der Waals surface area contributed by atoms with E-state index in [1.165, 1.54) is 5.56 Å². The molecule has 1 aromatic carbocycles. The van der Waals surface area contributed by atoms with Crippen molar-refractivity contribution in [3.8, 4) is 5.75 Å². The Bertz CT molecular complexity index is 554. The molecule has 1 aliphatic carbocycles. The molecule has 0 amide bonds. The first-order valence-electron chi connectivity index (χ1n) is 7.38. The molecule has 0 aliphatic heterocycles. The molecule has 0 saturated heterocycles. The summed E-state index contributed by atoms with van der Waals surface area (Å²) in [6.07, 6.45) is 2.10. The van der Waals surface area contributed by atoms with E-state index in [1.807, 2.05) is 12.1 Å². The van der Waals surface area contributed by atoms with Crippen LogP contribution in [0.4, 0.5) is 0 Å². The van der Waals surface area contributed by atoms with E-state index < -0.39 is 10.0 Å². The second-order valence-electron chi connectivity index (χ2n) is 5.41. The molecule has 0 aromatic heterocycles. The Morgan fingerprint density at radius 3 is 2.76 bits per heavy atom. The van der Waals surface area contributed by atoms with Gasteiger partial charge in [-0.25, -0.2) is 13.1 Å². The second-order valence-corrected chi connectivity index (χ2v) is 7.34. The van der Waals surface area contributed by atoms with Gasteiger partial charge in [-0.3, -0.25) is 0 Å². The van der Waals surface area contributed by atoms with Crippen LogP contribution in [0.2, 0.25) is 0 Å². The van der Waals surface area contributed by atoms with Gasteiger partial charge in [0.05, 0.1) is 12.9 Å². The average molecular weight is 312 g/mol. The van der Waals surface area contributed by atoms with Crippen LogP contribution in [0.5, 0.6) is 5.75 Å². The van der Waals surface area contributed by atoms with Gasteiger partial charge in [0.15, 0.2) is 0 Å². The van der Waals surface area contributed by atoms with Crippen LogP contribution in [0.25, 0.3) is 0 Å². The third-order valence-corrected chi connectivity index (χ3v) is 5.34. The van der Waals surface area contributed by atoms with Crippen molar-refractivity contribution in [1.82, 2.24) is 10.0 Å². The second kappa shape index (κ2) is 7.24. The maximum atomic E-state index is 11.5. The Morgan fingerprint density at radius 1 is 1.33 bits per heavy atom. The SMILES string of the molecule is CCNS(=O)(=O)CCNC1CC(c2cccc(OC)c2)C1. The monoisotopic (exact) mass is 312 g/mol. The summed E-state index contributed by atoms with van der Waals surface area (Å²) in [5, 5.41) is 3.31. The fourth-order valence-electron chi connectivity index (χ4n) is 2.64. The van der Waals surface area contributed by atoms with E-state index in [0.29, 0.717) is 25.0 Å². The van der Waals surface area contributed by atoms with Crippen LogP contribution in [0.3, 0.4) is 0 Å². The third kappa shape index (κ3) is 4.69. The number of hydrogen-bond donors (Lipinski definition) is 2. The quantitative estimate of drug-likeness (QED) is 0.763. The van der Waals surface area contributed by atoms with Crippen molar-refractivity contribution >= 4 is 10.0 Å². The maximum absolute atomic E-state index is 11.5. The molecular weight excluding hydrogens is 288 g/mol. The van der Waals surface area contributed by atoms with Gasteiger partial charge in [0.25, 0.3) is 0 Å². The van der Waals surface area contributed by atoms with Crippen molar-refractivity contribution in [3.05, 3.63) is 29.8 Å². The Balaban J connectivity index is 1.72. The highest BCUT2D eigenvalue weighted by Crippen LogP contribution is 2.37. The van der Waals surface area contributed by atoms with Crippen LogP contribution in [0.1, 0.15) is 31.2 Å². The van der Waals surface area contributed by atoms with Gasteiger partial charge in [-0.2, -0.15) is 0 Å². The van der Waals surface area contributed by atoms with Crippen LogP contribution in [0, 0.1) is 0 Å². The first-order chi connectivity index (χ1) is 10.0. The van der Waals surface area contributed by atoms with E-state index in [0.717, 1.165) is 18.6 Å². The zero-order chi connectivity index (χ0) is 15.3. The standard InChI is InChI=1S/C15H24N2O3S/c1-3-17-21(18,19)8-7-16-14-9-13(10-14)12-5-4-6-15(11-12)20-2/h4-6,11,13-14,16-17H,3,7-10H2,1-2H3. The summed E-state index contributed by atoms with van der Waals surface area (Å²) in [4.78, 5) is 0. The van der Waals surface area contributed by atoms with E-state index in [4.69, 9.17) is 4.74 Å². The van der Waals surface area contributed by atoms with Crippen molar-refractivity contribution in [2.24, 2.45) is 0 Å². The molecule has 0 spiro atoms. The van der Waals surface area contributed by atoms with E-state index >= 15 is 0 Å². The van der Waals surface area contributed by atoms with Gasteiger partial charge in [0, 0.05) is 19.1 Å². The molecule has 0 radical (unpaired) electrons. The number of nitrogens with one attached hydrogen (secondary N) is 2. The summed E-state index contributed by atoms with van der Waals surface area (Å²) in [6.45, 7) is 2.74. The summed E-state index contributed by atoms with van der Waals surface area (Å²) in [5.41, 5.74) is 1.30. The zero-order valence-corrected chi connectivity index (χ0v) is 13.4. The molecule has 1 fully saturated rings. The fourth-order valence-corrected chi connectivity index (χ4v) is 3.61. The number of ether oxygens (including phenoxy) is 1. The number of hydrogen-bond acceptors (Lipinski definition) is 4. The van der Waals surface area contributed by atoms with E-state index in [2.05, 4.69) is 22.2 Å². The molecule has 0 bridgehead atoms. The average Bonchev–Trinajstić information content (AvgIpc) is 2.41.